The molecule has 0 radical (unpaired) electrons. The maximum absolute atomic E-state index is 12.7. The number of H-pyrrole nitrogens is 2. The molecule has 2 rings (SSSR count). The number of nitrogens with two attached hydrogens (primary N) is 1. The van der Waals surface area contributed by atoms with Crippen molar-refractivity contribution in [1.82, 2.24) is 14.7 Å². The van der Waals surface area contributed by atoms with Crippen molar-refractivity contribution >= 4 is 20.9 Å². The normalized spacial score (nSPS) is 14.9. The molecule has 0 saturated carbocycles. The fraction of sp³-hybridized carbons (Fsp3) is 0.467. The minimum absolute atomic E-state index is 0.0593. The van der Waals surface area contributed by atoms with Gasteiger partial charge in [0, 0.05) is 12.1 Å². The van der Waals surface area contributed by atoms with E-state index in [0.29, 0.717) is 6.42 Å². The minimum atomic E-state index is -3.87. The largest absolute Gasteiger partial charge is 0.329 e. The molecule has 0 aliphatic rings. The van der Waals surface area contributed by atoms with Crippen molar-refractivity contribution in [3.05, 3.63) is 39.0 Å². The van der Waals surface area contributed by atoms with Gasteiger partial charge in [-0.05, 0) is 37.5 Å². The van der Waals surface area contributed by atoms with Gasteiger partial charge in [0.2, 0.25) is 10.0 Å². The predicted octanol–water partition coefficient (Wildman–Crippen LogP) is 0.258. The lowest BCUT2D eigenvalue weighted by Crippen LogP contribution is -2.52. The van der Waals surface area contributed by atoms with Gasteiger partial charge in [0.1, 0.15) is 0 Å². The Kier molecular flexibility index (Phi) is 4.97. The molecule has 132 valence electrons. The molecule has 5 N–H and O–H groups in total. The molecule has 0 fully saturated rings. The predicted molar refractivity (Wildman–Crippen MR) is 92.4 cm³/mol. The maximum atomic E-state index is 12.7. The Labute approximate surface area is 139 Å². The summed E-state index contributed by atoms with van der Waals surface area (Å²) < 4.78 is 27.9. The molecule has 0 bridgehead atoms. The smallest absolute Gasteiger partial charge is 0.326 e. The first kappa shape index (κ1) is 18.4. The first-order chi connectivity index (χ1) is 11.1. The van der Waals surface area contributed by atoms with E-state index in [0.717, 1.165) is 0 Å². The molecular weight excluding hydrogens is 332 g/mol. The van der Waals surface area contributed by atoms with Crippen molar-refractivity contribution in [2.75, 3.05) is 6.54 Å². The van der Waals surface area contributed by atoms with Crippen molar-refractivity contribution in [2.45, 2.75) is 37.6 Å². The van der Waals surface area contributed by atoms with Crippen LogP contribution in [0.4, 0.5) is 0 Å². The van der Waals surface area contributed by atoms with Gasteiger partial charge < -0.3 is 10.7 Å². The van der Waals surface area contributed by atoms with Crippen LogP contribution in [0.2, 0.25) is 0 Å². The minimum Gasteiger partial charge on any atom is -0.329 e. The van der Waals surface area contributed by atoms with Crippen molar-refractivity contribution in [2.24, 2.45) is 11.7 Å². The monoisotopic (exact) mass is 354 g/mol. The van der Waals surface area contributed by atoms with Crippen LogP contribution in [0.15, 0.2) is 32.7 Å². The lowest BCUT2D eigenvalue weighted by molar-refractivity contribution is 0.344. The van der Waals surface area contributed by atoms with Crippen LogP contribution in [0.5, 0.6) is 0 Å². The Morgan fingerprint density at radius 1 is 1.25 bits per heavy atom. The third-order valence-electron chi connectivity index (χ3n) is 3.71. The van der Waals surface area contributed by atoms with Gasteiger partial charge in [0.15, 0.2) is 0 Å². The SMILES string of the molecule is CC(C)CC(C)(CN)NS(=O)(=O)c1ccc2[nH]c(=O)[nH]c(=O)c2c1. The molecular formula is C15H22N4O4S. The average Bonchev–Trinajstić information content (AvgIpc) is 2.45. The van der Waals surface area contributed by atoms with E-state index < -0.39 is 26.8 Å². The Hall–Kier alpha value is -1.97. The van der Waals surface area contributed by atoms with E-state index in [9.17, 15) is 18.0 Å². The summed E-state index contributed by atoms with van der Waals surface area (Å²) in [5.41, 5.74) is 3.94. The summed E-state index contributed by atoms with van der Waals surface area (Å²) in [6.07, 6.45) is 0.574. The Morgan fingerprint density at radius 2 is 1.92 bits per heavy atom. The van der Waals surface area contributed by atoms with Crippen molar-refractivity contribution in [3.8, 4) is 0 Å². The first-order valence-corrected chi connectivity index (χ1v) is 9.05. The van der Waals surface area contributed by atoms with Gasteiger partial charge in [-0.1, -0.05) is 13.8 Å². The van der Waals surface area contributed by atoms with Crippen LogP contribution >= 0.6 is 0 Å². The first-order valence-electron chi connectivity index (χ1n) is 7.57. The molecule has 8 nitrogen and oxygen atoms in total. The van der Waals surface area contributed by atoms with Crippen molar-refractivity contribution < 1.29 is 8.42 Å². The van der Waals surface area contributed by atoms with E-state index in [1.807, 2.05) is 13.8 Å². The molecule has 1 atom stereocenters. The Bertz CT molecular complexity index is 961. The number of aromatic nitrogens is 2. The van der Waals surface area contributed by atoms with Crippen LogP contribution in [-0.4, -0.2) is 30.5 Å². The highest BCUT2D eigenvalue weighted by Gasteiger charge is 2.30. The summed E-state index contributed by atoms with van der Waals surface area (Å²) in [7, 11) is -3.87. The summed E-state index contributed by atoms with van der Waals surface area (Å²) in [6.45, 7) is 5.85. The lowest BCUT2D eigenvalue weighted by Gasteiger charge is -2.30. The van der Waals surface area contributed by atoms with E-state index in [1.165, 1.54) is 18.2 Å². The van der Waals surface area contributed by atoms with Gasteiger partial charge in [0.05, 0.1) is 15.8 Å². The number of hydrogen-bond acceptors (Lipinski definition) is 5. The molecule has 0 spiro atoms. The van der Waals surface area contributed by atoms with Crippen LogP contribution in [-0.2, 0) is 10.0 Å². The van der Waals surface area contributed by atoms with Crippen LogP contribution in [0.25, 0.3) is 10.9 Å². The van der Waals surface area contributed by atoms with E-state index in [2.05, 4.69) is 14.7 Å². The van der Waals surface area contributed by atoms with E-state index in [-0.39, 0.29) is 28.3 Å². The van der Waals surface area contributed by atoms with E-state index in [4.69, 9.17) is 5.73 Å². The Balaban J connectivity index is 2.48. The highest BCUT2D eigenvalue weighted by Crippen LogP contribution is 2.20. The number of benzene rings is 1. The summed E-state index contributed by atoms with van der Waals surface area (Å²) in [4.78, 5) is 27.6. The second kappa shape index (κ2) is 6.50. The summed E-state index contributed by atoms with van der Waals surface area (Å²) in [5, 5.41) is 0.0933. The summed E-state index contributed by atoms with van der Waals surface area (Å²) >= 11 is 0. The van der Waals surface area contributed by atoms with Gasteiger partial charge in [-0.2, -0.15) is 0 Å². The number of fused-ring (bicyclic) bond motifs is 1. The third kappa shape index (κ3) is 3.92. The number of rotatable bonds is 6. The second-order valence-electron chi connectivity index (χ2n) is 6.58. The summed E-state index contributed by atoms with van der Waals surface area (Å²) in [5.74, 6) is 0.255. The molecule has 0 aliphatic heterocycles. The van der Waals surface area contributed by atoms with Crippen LogP contribution < -0.4 is 21.7 Å². The third-order valence-corrected chi connectivity index (χ3v) is 5.35. The van der Waals surface area contributed by atoms with Crippen LogP contribution in [0, 0.1) is 5.92 Å². The molecule has 1 heterocycles. The summed E-state index contributed by atoms with van der Waals surface area (Å²) in [6, 6.07) is 3.97. The molecule has 0 saturated heterocycles. The lowest BCUT2D eigenvalue weighted by atomic mass is 9.92. The standard InChI is InChI=1S/C15H22N4O4S/c1-9(2)7-15(3,8-16)19-24(22,23)10-4-5-12-11(6-10)13(20)18-14(21)17-12/h4-6,9,19H,7-8,16H2,1-3H3,(H2,17,18,20,21). The van der Waals surface area contributed by atoms with Gasteiger partial charge in [0.25, 0.3) is 5.56 Å². The number of nitrogens with one attached hydrogen (secondary N) is 3. The van der Waals surface area contributed by atoms with Crippen molar-refractivity contribution in [3.63, 3.8) is 0 Å². The zero-order valence-corrected chi connectivity index (χ0v) is 14.7. The molecule has 1 unspecified atom stereocenters. The fourth-order valence-electron chi connectivity index (χ4n) is 2.76. The molecule has 1 aromatic carbocycles. The molecule has 0 amide bonds. The second-order valence-corrected chi connectivity index (χ2v) is 8.27. The Morgan fingerprint density at radius 3 is 2.50 bits per heavy atom. The van der Waals surface area contributed by atoms with Crippen molar-refractivity contribution in [1.29, 1.82) is 0 Å². The van der Waals surface area contributed by atoms with Gasteiger partial charge in [-0.3, -0.25) is 9.78 Å². The zero-order valence-electron chi connectivity index (χ0n) is 13.8. The van der Waals surface area contributed by atoms with Crippen LogP contribution in [0.3, 0.4) is 0 Å². The molecule has 0 aliphatic carbocycles. The highest BCUT2D eigenvalue weighted by atomic mass is 32.2. The average molecular weight is 354 g/mol. The van der Waals surface area contributed by atoms with Gasteiger partial charge in [-0.25, -0.2) is 17.9 Å². The molecule has 9 heteroatoms. The molecule has 2 aromatic rings. The van der Waals surface area contributed by atoms with Gasteiger partial charge in [-0.15, -0.1) is 0 Å². The van der Waals surface area contributed by atoms with E-state index >= 15 is 0 Å². The number of sulfonamides is 1. The van der Waals surface area contributed by atoms with Crippen LogP contribution in [0.1, 0.15) is 27.2 Å². The molecule has 1 aromatic heterocycles. The quantitative estimate of drug-likeness (QED) is 0.589. The zero-order chi connectivity index (χ0) is 18.1. The fourth-order valence-corrected chi connectivity index (χ4v) is 4.22. The number of hydrogen-bond donors (Lipinski definition) is 4. The van der Waals surface area contributed by atoms with E-state index in [1.54, 1.807) is 6.92 Å². The van der Waals surface area contributed by atoms with Gasteiger partial charge >= 0.3 is 5.69 Å². The molecule has 24 heavy (non-hydrogen) atoms. The topological polar surface area (TPSA) is 138 Å². The highest BCUT2D eigenvalue weighted by molar-refractivity contribution is 7.89. The maximum Gasteiger partial charge on any atom is 0.326 e. The number of aromatic amines is 2.